The summed E-state index contributed by atoms with van der Waals surface area (Å²) >= 11 is 1.10. The van der Waals surface area contributed by atoms with Crippen LogP contribution >= 0.6 is 11.3 Å². The van der Waals surface area contributed by atoms with Crippen molar-refractivity contribution < 1.29 is 76.7 Å². The number of piperidine rings is 1. The molecule has 3 heterocycles. The number of amides is 5. The molecule has 1 unspecified atom stereocenters. The number of aromatic nitrogens is 1. The van der Waals surface area contributed by atoms with E-state index in [0.717, 1.165) is 37.1 Å². The number of anilines is 1. The quantitative estimate of drug-likeness (QED) is 0.0751. The van der Waals surface area contributed by atoms with Gasteiger partial charge in [0, 0.05) is 75.1 Å². The van der Waals surface area contributed by atoms with Gasteiger partial charge in [-0.05, 0) is 68.8 Å². The van der Waals surface area contributed by atoms with Gasteiger partial charge in [-0.3, -0.25) is 48.1 Å². The zero-order valence-corrected chi connectivity index (χ0v) is 48.9. The topological polar surface area (TPSA) is 297 Å². The summed E-state index contributed by atoms with van der Waals surface area (Å²) in [5.74, 6) is -2.15. The fourth-order valence-electron chi connectivity index (χ4n) is 9.29. The number of likely N-dealkylation sites (tertiary alicyclic amines) is 1. The Bertz CT molecular complexity index is 2490. The maximum atomic E-state index is 14.5. The number of carboxylic acids is 1. The average Bonchev–Trinajstić information content (AvgIpc) is 3.94. The molecule has 5 N–H and O–H groups in total. The van der Waals surface area contributed by atoms with Crippen LogP contribution in [0.15, 0.2) is 23.6 Å². The lowest BCUT2D eigenvalue weighted by molar-refractivity contribution is -0.150. The summed E-state index contributed by atoms with van der Waals surface area (Å²) in [6.45, 7) is 12.6. The smallest absolute Gasteiger partial charge is 0.313 e. The Morgan fingerprint density at radius 2 is 1.52 bits per heavy atom. The van der Waals surface area contributed by atoms with Gasteiger partial charge in [0.15, 0.2) is 17.6 Å². The number of likely N-dealkylation sites (N-methyl/N-ethyl adjacent to an activating group) is 1. The van der Waals surface area contributed by atoms with Crippen LogP contribution in [0.2, 0.25) is 0 Å². The predicted molar refractivity (Wildman–Crippen MR) is 299 cm³/mol. The van der Waals surface area contributed by atoms with E-state index in [9.17, 15) is 48.3 Å². The first-order valence-corrected chi connectivity index (χ1v) is 28.7. The molecule has 1 saturated heterocycles. The number of hydrogen-bond acceptors (Lipinski definition) is 18. The van der Waals surface area contributed by atoms with Crippen molar-refractivity contribution >= 4 is 70.3 Å². The SMILES string of the molecule is CC[C@H](C)[C@H](CC(=O)[C@H]1CCCCN1C)C(=O)N(C)[C@H](C[C@@H](OC(C)=O)c1nc(C(=O)N[C@@H](Cc2ccc3c(c2)NC(=O)CCOCCOCCNC(=O)C#CC(=O)NCCOCCOCCC(=O)O3)CC(C)C(=O)O)cs1)C(C)C. The van der Waals surface area contributed by atoms with Crippen LogP contribution in [0.4, 0.5) is 5.69 Å². The molecule has 24 heteroatoms. The number of rotatable bonds is 19. The Balaban J connectivity index is 1.51. The summed E-state index contributed by atoms with van der Waals surface area (Å²) in [6.07, 6.45) is 2.55. The summed E-state index contributed by atoms with van der Waals surface area (Å²) in [5, 5.41) is 22.5. The third-order valence-electron chi connectivity index (χ3n) is 14.1. The summed E-state index contributed by atoms with van der Waals surface area (Å²) in [4.78, 5) is 126. The minimum atomic E-state index is -1.10. The van der Waals surface area contributed by atoms with Crippen molar-refractivity contribution in [2.75, 3.05) is 91.9 Å². The van der Waals surface area contributed by atoms with Gasteiger partial charge in [0.05, 0.1) is 83.3 Å². The second-order valence-electron chi connectivity index (χ2n) is 20.7. The van der Waals surface area contributed by atoms with Gasteiger partial charge in [-0.1, -0.05) is 53.5 Å². The number of thiazole rings is 1. The number of carboxylic acid groups (broad SMARTS) is 1. The zero-order valence-electron chi connectivity index (χ0n) is 48.1. The summed E-state index contributed by atoms with van der Waals surface area (Å²) in [7, 11) is 3.67. The summed E-state index contributed by atoms with van der Waals surface area (Å²) < 4.78 is 33.5. The number of esters is 2. The first kappa shape index (κ1) is 67.1. The summed E-state index contributed by atoms with van der Waals surface area (Å²) in [5.41, 5.74) is 0.640. The minimum Gasteiger partial charge on any atom is -0.481 e. The van der Waals surface area contributed by atoms with Crippen LogP contribution in [0, 0.1) is 35.5 Å². The molecular formula is C57H83N7O16S. The van der Waals surface area contributed by atoms with Gasteiger partial charge in [-0.25, -0.2) is 4.98 Å². The van der Waals surface area contributed by atoms with Crippen molar-refractivity contribution in [3.63, 3.8) is 0 Å². The van der Waals surface area contributed by atoms with Gasteiger partial charge >= 0.3 is 17.9 Å². The molecular weight excluding hydrogens is 1070 g/mol. The van der Waals surface area contributed by atoms with Crippen molar-refractivity contribution in [3.05, 3.63) is 39.8 Å². The molecule has 23 nitrogen and oxygen atoms in total. The molecule has 2 aliphatic heterocycles. The Morgan fingerprint density at radius 1 is 0.889 bits per heavy atom. The molecule has 2 aliphatic rings. The highest BCUT2D eigenvalue weighted by atomic mass is 32.1. The second-order valence-corrected chi connectivity index (χ2v) is 21.6. The van der Waals surface area contributed by atoms with Crippen LogP contribution in [-0.4, -0.2) is 178 Å². The first-order valence-electron chi connectivity index (χ1n) is 27.8. The van der Waals surface area contributed by atoms with E-state index in [1.54, 1.807) is 24.1 Å². The van der Waals surface area contributed by atoms with E-state index < -0.39 is 71.6 Å². The van der Waals surface area contributed by atoms with Crippen LogP contribution in [0.5, 0.6) is 5.75 Å². The third-order valence-corrected chi connectivity index (χ3v) is 15.0. The number of Topliss-reactive ketones (excluding diaryl/α,β-unsaturated/α-hetero) is 1. The van der Waals surface area contributed by atoms with E-state index >= 15 is 0 Å². The van der Waals surface area contributed by atoms with E-state index in [1.165, 1.54) is 25.3 Å². The Hall–Kier alpha value is -6.36. The number of nitrogens with zero attached hydrogens (tertiary/aromatic N) is 3. The lowest BCUT2D eigenvalue weighted by Crippen LogP contribution is -2.48. The fraction of sp³-hybridized carbons (Fsp3) is 0.649. The highest BCUT2D eigenvalue weighted by Gasteiger charge is 2.38. The first-order chi connectivity index (χ1) is 38.7. The lowest BCUT2D eigenvalue weighted by atomic mass is 9.83. The van der Waals surface area contributed by atoms with E-state index in [-0.39, 0.29) is 151 Å². The van der Waals surface area contributed by atoms with Crippen LogP contribution in [0.25, 0.3) is 0 Å². The lowest BCUT2D eigenvalue weighted by Gasteiger charge is -2.37. The normalized spacial score (nSPS) is 19.5. The molecule has 5 amide bonds. The van der Waals surface area contributed by atoms with Crippen molar-refractivity contribution in [2.45, 2.75) is 130 Å². The van der Waals surface area contributed by atoms with Gasteiger partial charge in [-0.2, -0.15) is 0 Å². The maximum Gasteiger partial charge on any atom is 0.313 e. The fourth-order valence-corrected chi connectivity index (χ4v) is 10.1. The molecule has 7 atom stereocenters. The number of benzene rings is 1. The van der Waals surface area contributed by atoms with Crippen LogP contribution in [-0.2, 0) is 68.5 Å². The molecule has 2 aromatic rings. The molecule has 0 aliphatic carbocycles. The van der Waals surface area contributed by atoms with E-state index in [4.69, 9.17) is 28.4 Å². The monoisotopic (exact) mass is 1150 g/mol. The molecule has 0 bridgehead atoms. The van der Waals surface area contributed by atoms with Gasteiger partial charge in [0.2, 0.25) is 11.8 Å². The third kappa shape index (κ3) is 23.9. The van der Waals surface area contributed by atoms with Gasteiger partial charge in [0.1, 0.15) is 10.7 Å². The van der Waals surface area contributed by atoms with Crippen LogP contribution in [0.1, 0.15) is 126 Å². The molecule has 1 aromatic carbocycles. The number of carbonyl (C=O) groups is 9. The van der Waals surface area contributed by atoms with E-state index in [2.05, 4.69) is 43.0 Å². The van der Waals surface area contributed by atoms with Gasteiger partial charge < -0.3 is 59.7 Å². The highest BCUT2D eigenvalue weighted by Crippen LogP contribution is 2.34. The number of carbonyl (C=O) groups excluding carboxylic acids is 8. The molecule has 4 rings (SSSR count). The standard InChI is InChI=1S/C57H83N7O16S/c1-9-37(4)42(33-47(66)45-12-10-11-21-63(45)7)56(72)64(8)46(36(2)3)34-49(79-39(6)65)55-62-44(35-81-55)54(71)60-41(30-38(5)57(73)74)31-40-13-14-48-43(32-40)61-52(69)17-22-75-26-28-77-24-19-58-50(67)15-16-51(68)59-20-25-78-29-27-76-23-18-53(70)80-48/h13-14,32,35-38,41-42,45-46,49H,9-12,17-31,33-34H2,1-8H3,(H,58,67)(H,59,68)(H,60,71)(H,61,69)(H,73,74)/t37-,38?,41+,42-,45+,46+,49+/m0/s1. The van der Waals surface area contributed by atoms with Crippen molar-refractivity contribution in [1.82, 2.24) is 30.7 Å². The number of ether oxygens (including phenoxy) is 6. The molecule has 1 aromatic heterocycles. The van der Waals surface area contributed by atoms with Crippen LogP contribution in [0.3, 0.4) is 0 Å². The second kappa shape index (κ2) is 35.5. The van der Waals surface area contributed by atoms with E-state index in [1.807, 2.05) is 34.7 Å². The Morgan fingerprint density at radius 3 is 2.11 bits per heavy atom. The number of aliphatic carboxylic acids is 1. The van der Waals surface area contributed by atoms with E-state index in [0.29, 0.717) is 17.0 Å². The molecule has 0 saturated carbocycles. The highest BCUT2D eigenvalue weighted by molar-refractivity contribution is 7.09. The molecule has 0 spiro atoms. The average molecular weight is 1150 g/mol. The number of fused-ring (bicyclic) bond motifs is 1. The number of nitrogens with one attached hydrogen (secondary N) is 4. The molecule has 448 valence electrons. The van der Waals surface area contributed by atoms with Crippen LogP contribution < -0.4 is 26.0 Å². The number of hydrogen-bond donors (Lipinski definition) is 5. The Labute approximate surface area is 479 Å². The molecule has 0 radical (unpaired) electrons. The summed E-state index contributed by atoms with van der Waals surface area (Å²) in [6, 6.07) is 3.18. The number of ketones is 1. The Kier molecular flexibility index (Phi) is 29.4. The minimum absolute atomic E-state index is 0.00374. The zero-order chi connectivity index (χ0) is 59.4. The van der Waals surface area contributed by atoms with Crippen molar-refractivity contribution in [1.29, 1.82) is 0 Å². The van der Waals surface area contributed by atoms with Crippen molar-refractivity contribution in [3.8, 4) is 17.6 Å². The maximum absolute atomic E-state index is 14.5. The largest absolute Gasteiger partial charge is 0.481 e. The predicted octanol–water partition coefficient (Wildman–Crippen LogP) is 4.12. The van der Waals surface area contributed by atoms with Gasteiger partial charge in [-0.15, -0.1) is 11.3 Å². The van der Waals surface area contributed by atoms with Gasteiger partial charge in [0.25, 0.3) is 17.7 Å². The molecule has 1 fully saturated rings. The van der Waals surface area contributed by atoms with Crippen molar-refractivity contribution in [2.24, 2.45) is 23.7 Å². The molecule has 81 heavy (non-hydrogen) atoms.